The average Bonchev–Trinajstić information content (AvgIpc) is 2.37. The van der Waals surface area contributed by atoms with E-state index in [9.17, 15) is 9.59 Å². The van der Waals surface area contributed by atoms with Gasteiger partial charge in [-0.2, -0.15) is 0 Å². The first-order valence-electron chi connectivity index (χ1n) is 5.85. The van der Waals surface area contributed by atoms with Gasteiger partial charge in [0.2, 0.25) is 5.91 Å². The second-order valence-electron chi connectivity index (χ2n) is 5.40. The van der Waals surface area contributed by atoms with Crippen LogP contribution in [0.15, 0.2) is 0 Å². The summed E-state index contributed by atoms with van der Waals surface area (Å²) in [4.78, 5) is 24.3. The maximum absolute atomic E-state index is 11.8. The van der Waals surface area contributed by atoms with E-state index in [1.54, 1.807) is 4.90 Å². The molecule has 0 aliphatic carbocycles. The number of nitrogens with zero attached hydrogens (tertiary/aromatic N) is 1. The van der Waals surface area contributed by atoms with E-state index in [-0.39, 0.29) is 11.3 Å². The predicted molar refractivity (Wildman–Crippen MR) is 61.0 cm³/mol. The highest BCUT2D eigenvalue weighted by atomic mass is 16.4. The molecule has 92 valence electrons. The lowest BCUT2D eigenvalue weighted by molar-refractivity contribution is -0.150. The first-order valence-corrected chi connectivity index (χ1v) is 5.85. The van der Waals surface area contributed by atoms with Crippen molar-refractivity contribution in [1.29, 1.82) is 0 Å². The van der Waals surface area contributed by atoms with E-state index in [0.717, 1.165) is 19.3 Å². The molecular formula is C12H21NO3. The van der Waals surface area contributed by atoms with Gasteiger partial charge in [-0.05, 0) is 31.6 Å². The van der Waals surface area contributed by atoms with E-state index in [2.05, 4.69) is 13.8 Å². The summed E-state index contributed by atoms with van der Waals surface area (Å²) in [5, 5.41) is 8.81. The Bertz CT molecular complexity index is 286. The summed E-state index contributed by atoms with van der Waals surface area (Å²) in [6, 6.07) is 0. The average molecular weight is 227 g/mol. The Morgan fingerprint density at radius 1 is 1.25 bits per heavy atom. The molecule has 1 atom stereocenters. The zero-order valence-electron chi connectivity index (χ0n) is 10.3. The van der Waals surface area contributed by atoms with Crippen LogP contribution in [0.3, 0.4) is 0 Å². The molecule has 1 aliphatic heterocycles. The Labute approximate surface area is 96.6 Å². The maximum atomic E-state index is 11.8. The SMILES string of the molecule is CC(C(=O)O)C(=O)N1CCCC(C)(C)CC1. The molecule has 0 aromatic heterocycles. The molecule has 4 nitrogen and oxygen atoms in total. The Morgan fingerprint density at radius 3 is 2.44 bits per heavy atom. The highest BCUT2D eigenvalue weighted by Gasteiger charge is 2.30. The number of hydrogen-bond donors (Lipinski definition) is 1. The molecule has 1 rings (SSSR count). The summed E-state index contributed by atoms with van der Waals surface area (Å²) in [6.07, 6.45) is 3.01. The Balaban J connectivity index is 2.61. The van der Waals surface area contributed by atoms with Crippen LogP contribution in [0, 0.1) is 11.3 Å². The number of likely N-dealkylation sites (tertiary alicyclic amines) is 1. The second-order valence-corrected chi connectivity index (χ2v) is 5.40. The Morgan fingerprint density at radius 2 is 1.88 bits per heavy atom. The fourth-order valence-corrected chi connectivity index (χ4v) is 2.02. The predicted octanol–water partition coefficient (Wildman–Crippen LogP) is 1.75. The fourth-order valence-electron chi connectivity index (χ4n) is 2.02. The number of carbonyl (C=O) groups is 2. The van der Waals surface area contributed by atoms with Crippen LogP contribution >= 0.6 is 0 Å². The maximum Gasteiger partial charge on any atom is 0.315 e. The minimum Gasteiger partial charge on any atom is -0.481 e. The molecule has 1 fully saturated rings. The number of aliphatic carboxylic acids is 1. The van der Waals surface area contributed by atoms with Crippen LogP contribution in [0.4, 0.5) is 0 Å². The van der Waals surface area contributed by atoms with E-state index in [1.165, 1.54) is 6.92 Å². The minimum absolute atomic E-state index is 0.245. The monoisotopic (exact) mass is 227 g/mol. The quantitative estimate of drug-likeness (QED) is 0.731. The smallest absolute Gasteiger partial charge is 0.315 e. The highest BCUT2D eigenvalue weighted by molar-refractivity contribution is 5.96. The third-order valence-corrected chi connectivity index (χ3v) is 3.39. The summed E-state index contributed by atoms with van der Waals surface area (Å²) in [5.74, 6) is -2.19. The minimum atomic E-state index is -1.03. The van der Waals surface area contributed by atoms with E-state index < -0.39 is 11.9 Å². The van der Waals surface area contributed by atoms with Gasteiger partial charge in [-0.25, -0.2) is 0 Å². The third kappa shape index (κ3) is 3.22. The molecule has 1 aliphatic rings. The number of carboxylic acids is 1. The van der Waals surface area contributed by atoms with E-state index >= 15 is 0 Å². The van der Waals surface area contributed by atoms with Crippen molar-refractivity contribution in [2.45, 2.75) is 40.0 Å². The Hall–Kier alpha value is -1.06. The summed E-state index contributed by atoms with van der Waals surface area (Å²) < 4.78 is 0. The molecule has 4 heteroatoms. The first-order chi connectivity index (χ1) is 7.33. The number of carbonyl (C=O) groups excluding carboxylic acids is 1. The lowest BCUT2D eigenvalue weighted by Gasteiger charge is -2.24. The molecule has 0 saturated carbocycles. The summed E-state index contributed by atoms with van der Waals surface area (Å²) in [7, 11) is 0. The van der Waals surface area contributed by atoms with E-state index in [1.807, 2.05) is 0 Å². The molecule has 0 spiro atoms. The Kier molecular flexibility index (Phi) is 3.94. The van der Waals surface area contributed by atoms with Gasteiger partial charge >= 0.3 is 5.97 Å². The molecule has 0 bridgehead atoms. The summed E-state index contributed by atoms with van der Waals surface area (Å²) >= 11 is 0. The van der Waals surface area contributed by atoms with E-state index in [4.69, 9.17) is 5.11 Å². The van der Waals surface area contributed by atoms with Crippen molar-refractivity contribution in [2.75, 3.05) is 13.1 Å². The van der Waals surface area contributed by atoms with Crippen molar-refractivity contribution in [1.82, 2.24) is 4.90 Å². The van der Waals surface area contributed by atoms with Gasteiger partial charge in [-0.1, -0.05) is 13.8 Å². The molecule has 1 saturated heterocycles. The van der Waals surface area contributed by atoms with Crippen molar-refractivity contribution in [2.24, 2.45) is 11.3 Å². The molecule has 1 heterocycles. The number of amides is 1. The van der Waals surface area contributed by atoms with Crippen molar-refractivity contribution in [3.05, 3.63) is 0 Å². The van der Waals surface area contributed by atoms with Crippen LogP contribution in [0.1, 0.15) is 40.0 Å². The molecule has 1 N–H and O–H groups in total. The van der Waals surface area contributed by atoms with Crippen LogP contribution in [-0.4, -0.2) is 35.0 Å². The van der Waals surface area contributed by atoms with Crippen molar-refractivity contribution >= 4 is 11.9 Å². The van der Waals surface area contributed by atoms with Gasteiger partial charge in [0.05, 0.1) is 0 Å². The summed E-state index contributed by atoms with van der Waals surface area (Å²) in [6.45, 7) is 7.23. The molecule has 16 heavy (non-hydrogen) atoms. The van der Waals surface area contributed by atoms with Crippen LogP contribution in [0.25, 0.3) is 0 Å². The lowest BCUT2D eigenvalue weighted by Crippen LogP contribution is -2.39. The molecule has 0 aromatic carbocycles. The standard InChI is InChI=1S/C12H21NO3/c1-9(11(15)16)10(14)13-7-4-5-12(2,3)6-8-13/h9H,4-8H2,1-3H3,(H,15,16). The topological polar surface area (TPSA) is 57.6 Å². The van der Waals surface area contributed by atoms with Gasteiger partial charge in [0.1, 0.15) is 5.92 Å². The van der Waals surface area contributed by atoms with Gasteiger partial charge in [0.25, 0.3) is 0 Å². The van der Waals surface area contributed by atoms with Crippen molar-refractivity contribution in [3.63, 3.8) is 0 Å². The fraction of sp³-hybridized carbons (Fsp3) is 0.833. The van der Waals surface area contributed by atoms with Crippen LogP contribution < -0.4 is 0 Å². The number of carboxylic acid groups (broad SMARTS) is 1. The first kappa shape index (κ1) is 13.0. The number of rotatable bonds is 2. The van der Waals surface area contributed by atoms with Crippen LogP contribution in [0.5, 0.6) is 0 Å². The van der Waals surface area contributed by atoms with Gasteiger partial charge < -0.3 is 10.0 Å². The molecular weight excluding hydrogens is 206 g/mol. The molecule has 1 amide bonds. The van der Waals surface area contributed by atoms with Crippen LogP contribution in [-0.2, 0) is 9.59 Å². The largest absolute Gasteiger partial charge is 0.481 e. The number of hydrogen-bond acceptors (Lipinski definition) is 2. The second kappa shape index (κ2) is 4.85. The third-order valence-electron chi connectivity index (χ3n) is 3.39. The highest BCUT2D eigenvalue weighted by Crippen LogP contribution is 2.30. The van der Waals surface area contributed by atoms with Crippen molar-refractivity contribution in [3.8, 4) is 0 Å². The van der Waals surface area contributed by atoms with E-state index in [0.29, 0.717) is 13.1 Å². The van der Waals surface area contributed by atoms with Crippen molar-refractivity contribution < 1.29 is 14.7 Å². The van der Waals surface area contributed by atoms with Gasteiger partial charge in [0.15, 0.2) is 0 Å². The molecule has 0 radical (unpaired) electrons. The van der Waals surface area contributed by atoms with Crippen LogP contribution in [0.2, 0.25) is 0 Å². The van der Waals surface area contributed by atoms with Gasteiger partial charge in [0, 0.05) is 13.1 Å². The molecule has 1 unspecified atom stereocenters. The zero-order valence-corrected chi connectivity index (χ0v) is 10.3. The lowest BCUT2D eigenvalue weighted by atomic mass is 9.85. The van der Waals surface area contributed by atoms with Gasteiger partial charge in [-0.3, -0.25) is 9.59 Å². The van der Waals surface area contributed by atoms with Gasteiger partial charge in [-0.15, -0.1) is 0 Å². The zero-order chi connectivity index (χ0) is 12.3. The summed E-state index contributed by atoms with van der Waals surface area (Å²) in [5.41, 5.74) is 0.265. The molecule has 0 aromatic rings. The normalized spacial score (nSPS) is 22.3.